The molecule has 0 bridgehead atoms. The smallest absolute Gasteiger partial charge is 0.170 e. The van der Waals surface area contributed by atoms with E-state index in [-0.39, 0.29) is 5.56 Å². The van der Waals surface area contributed by atoms with E-state index in [0.29, 0.717) is 0 Å². The van der Waals surface area contributed by atoms with Crippen LogP contribution in [0.2, 0.25) is 0 Å². The van der Waals surface area contributed by atoms with Gasteiger partial charge in [0.05, 0.1) is 0 Å². The Morgan fingerprint density at radius 1 is 0.812 bits per heavy atom. The topological polar surface area (TPSA) is 12.5 Å². The van der Waals surface area contributed by atoms with Gasteiger partial charge in [0.25, 0.3) is 0 Å². The molecule has 16 heavy (non-hydrogen) atoms. The third-order valence-electron chi connectivity index (χ3n) is 2.96. The molecule has 3 rings (SSSR count). The maximum Gasteiger partial charge on any atom is 0.170 e. The van der Waals surface area contributed by atoms with Crippen LogP contribution in [0.15, 0.2) is 60.7 Å². The highest BCUT2D eigenvalue weighted by Gasteiger charge is 2.58. The van der Waals surface area contributed by atoms with Crippen LogP contribution in [0.4, 0.5) is 0 Å². The van der Waals surface area contributed by atoms with Gasteiger partial charge in [-0.25, -0.2) is 0 Å². The van der Waals surface area contributed by atoms with E-state index in [2.05, 4.69) is 24.3 Å². The summed E-state index contributed by atoms with van der Waals surface area (Å²) in [5.41, 5.74) is 1.52. The van der Waals surface area contributed by atoms with Gasteiger partial charge in [0, 0.05) is 0 Å². The van der Waals surface area contributed by atoms with E-state index < -0.39 is 5.60 Å². The lowest BCUT2D eigenvalue weighted by atomic mass is 9.92. The third-order valence-corrected chi connectivity index (χ3v) is 3.35. The molecular weight excluding hydrogens is 220 g/mol. The molecule has 2 aromatic carbocycles. The Morgan fingerprint density at radius 2 is 1.19 bits per heavy atom. The molecule has 0 amide bonds. The second-order valence-electron chi connectivity index (χ2n) is 3.90. The van der Waals surface area contributed by atoms with E-state index in [9.17, 15) is 0 Å². The van der Waals surface area contributed by atoms with Crippen LogP contribution < -0.4 is 0 Å². The summed E-state index contributed by atoms with van der Waals surface area (Å²) in [6, 6.07) is 20.2. The predicted octanol–water partition coefficient (Wildman–Crippen LogP) is 3.53. The van der Waals surface area contributed by atoms with Gasteiger partial charge in [0.1, 0.15) is 0 Å². The molecule has 2 heteroatoms. The Bertz CT molecular complexity index is 441. The van der Waals surface area contributed by atoms with Gasteiger partial charge in [-0.3, -0.25) is 0 Å². The Morgan fingerprint density at radius 3 is 1.50 bits per heavy atom. The Hall–Kier alpha value is -1.31. The minimum absolute atomic E-state index is 0.266. The first kappa shape index (κ1) is 9.88. The fourth-order valence-electron chi connectivity index (χ4n) is 2.07. The Balaban J connectivity index is 2.10. The fourth-order valence-corrected chi connectivity index (χ4v) is 2.46. The van der Waals surface area contributed by atoms with Crippen LogP contribution in [0.1, 0.15) is 11.1 Å². The average Bonchev–Trinajstić information content (AvgIpc) is 3.05. The van der Waals surface area contributed by atoms with Gasteiger partial charge in [-0.05, 0) is 11.1 Å². The highest BCUT2D eigenvalue weighted by molar-refractivity contribution is 6.22. The summed E-state index contributed by atoms with van der Waals surface area (Å²) < 4.78 is 5.64. The lowest BCUT2D eigenvalue weighted by molar-refractivity contribution is 0.343. The second kappa shape index (κ2) is 3.62. The summed E-state index contributed by atoms with van der Waals surface area (Å²) in [5, 5.41) is 0. The summed E-state index contributed by atoms with van der Waals surface area (Å²) in [6.45, 7) is 0. The third kappa shape index (κ3) is 1.36. The number of benzene rings is 2. The molecule has 0 N–H and O–H groups in total. The van der Waals surface area contributed by atoms with Gasteiger partial charge < -0.3 is 4.74 Å². The molecule has 1 heterocycles. The number of hydrogen-bond acceptors (Lipinski definition) is 1. The highest BCUT2D eigenvalue weighted by Crippen LogP contribution is 2.53. The molecule has 1 atom stereocenters. The predicted molar refractivity (Wildman–Crippen MR) is 64.4 cm³/mol. The zero-order valence-corrected chi connectivity index (χ0v) is 9.39. The molecule has 0 aromatic heterocycles. The number of ether oxygens (including phenoxy) is 1. The molecule has 1 nitrogen and oxygen atoms in total. The van der Waals surface area contributed by atoms with Crippen molar-refractivity contribution in [1.82, 2.24) is 0 Å². The number of alkyl halides is 1. The Labute approximate surface area is 99.6 Å². The van der Waals surface area contributed by atoms with Crippen molar-refractivity contribution in [1.29, 1.82) is 0 Å². The standard InChI is InChI=1S/C14H11ClO/c15-13-14(16-13,11-7-3-1-4-8-11)12-9-5-2-6-10-12/h1-10,13H. The van der Waals surface area contributed by atoms with Gasteiger partial charge in [0.2, 0.25) is 0 Å². The van der Waals surface area contributed by atoms with Crippen LogP contribution >= 0.6 is 11.6 Å². The van der Waals surface area contributed by atoms with Gasteiger partial charge in [-0.15, -0.1) is 0 Å². The van der Waals surface area contributed by atoms with Crippen molar-refractivity contribution in [3.05, 3.63) is 71.8 Å². The van der Waals surface area contributed by atoms with E-state index in [1.165, 1.54) is 0 Å². The van der Waals surface area contributed by atoms with E-state index in [4.69, 9.17) is 16.3 Å². The first-order chi connectivity index (χ1) is 7.84. The van der Waals surface area contributed by atoms with Gasteiger partial charge in [0.15, 0.2) is 11.2 Å². The van der Waals surface area contributed by atoms with E-state index in [1.807, 2.05) is 36.4 Å². The van der Waals surface area contributed by atoms with Crippen molar-refractivity contribution < 1.29 is 4.74 Å². The second-order valence-corrected chi connectivity index (χ2v) is 4.30. The minimum Gasteiger partial charge on any atom is -0.339 e. The molecule has 1 unspecified atom stereocenters. The summed E-state index contributed by atoms with van der Waals surface area (Å²) in [6.07, 6.45) is 0. The van der Waals surface area contributed by atoms with Gasteiger partial charge >= 0.3 is 0 Å². The number of epoxide rings is 1. The zero-order valence-electron chi connectivity index (χ0n) is 8.64. The lowest BCUT2D eigenvalue weighted by Gasteiger charge is -2.12. The van der Waals surface area contributed by atoms with Crippen LogP contribution in [0.5, 0.6) is 0 Å². The largest absolute Gasteiger partial charge is 0.339 e. The first-order valence-electron chi connectivity index (χ1n) is 5.27. The van der Waals surface area contributed by atoms with Crippen molar-refractivity contribution in [3.63, 3.8) is 0 Å². The summed E-state index contributed by atoms with van der Waals surface area (Å²) >= 11 is 6.16. The first-order valence-corrected chi connectivity index (χ1v) is 5.70. The van der Waals surface area contributed by atoms with E-state index >= 15 is 0 Å². The monoisotopic (exact) mass is 230 g/mol. The number of rotatable bonds is 2. The van der Waals surface area contributed by atoms with E-state index in [1.54, 1.807) is 0 Å². The molecule has 0 saturated carbocycles. The molecule has 1 saturated heterocycles. The molecule has 80 valence electrons. The molecule has 1 aliphatic rings. The summed E-state index contributed by atoms with van der Waals surface area (Å²) in [7, 11) is 0. The van der Waals surface area contributed by atoms with Crippen LogP contribution in [-0.2, 0) is 10.3 Å². The van der Waals surface area contributed by atoms with Crippen molar-refractivity contribution in [2.24, 2.45) is 0 Å². The fraction of sp³-hybridized carbons (Fsp3) is 0.143. The zero-order chi connectivity index (χ0) is 11.0. The van der Waals surface area contributed by atoms with Crippen LogP contribution in [0.3, 0.4) is 0 Å². The average molecular weight is 231 g/mol. The molecule has 1 fully saturated rings. The highest BCUT2D eigenvalue weighted by atomic mass is 35.5. The molecular formula is C14H11ClO. The van der Waals surface area contributed by atoms with Crippen molar-refractivity contribution >= 4 is 11.6 Å². The Kier molecular flexibility index (Phi) is 2.23. The molecule has 2 aromatic rings. The molecule has 0 spiro atoms. The molecule has 0 aliphatic carbocycles. The number of halogens is 1. The summed E-state index contributed by atoms with van der Waals surface area (Å²) in [4.78, 5) is 0. The van der Waals surface area contributed by atoms with Crippen LogP contribution in [0.25, 0.3) is 0 Å². The SMILES string of the molecule is ClC1OC1(c1ccccc1)c1ccccc1. The van der Waals surface area contributed by atoms with Crippen LogP contribution in [-0.4, -0.2) is 5.56 Å². The minimum atomic E-state index is -0.440. The van der Waals surface area contributed by atoms with Crippen molar-refractivity contribution in [2.45, 2.75) is 11.2 Å². The lowest BCUT2D eigenvalue weighted by Crippen LogP contribution is -2.12. The van der Waals surface area contributed by atoms with Crippen LogP contribution in [0, 0.1) is 0 Å². The van der Waals surface area contributed by atoms with Gasteiger partial charge in [-0.1, -0.05) is 72.3 Å². The molecule has 0 radical (unpaired) electrons. The van der Waals surface area contributed by atoms with E-state index in [0.717, 1.165) is 11.1 Å². The number of hydrogen-bond donors (Lipinski definition) is 0. The quantitative estimate of drug-likeness (QED) is 0.568. The normalized spacial score (nSPS) is 21.7. The maximum absolute atomic E-state index is 6.16. The maximum atomic E-state index is 6.16. The summed E-state index contributed by atoms with van der Waals surface area (Å²) in [5.74, 6) is 0. The van der Waals surface area contributed by atoms with Gasteiger partial charge in [-0.2, -0.15) is 0 Å². The van der Waals surface area contributed by atoms with Crippen molar-refractivity contribution in [2.75, 3.05) is 0 Å². The van der Waals surface area contributed by atoms with Crippen molar-refractivity contribution in [3.8, 4) is 0 Å². The molecule has 1 aliphatic heterocycles.